The number of aryl methyl sites for hydroxylation is 1. The number of rotatable bonds is 4. The fourth-order valence-corrected chi connectivity index (χ4v) is 3.86. The van der Waals surface area contributed by atoms with Gasteiger partial charge in [0.25, 0.3) is 5.56 Å². The monoisotopic (exact) mass is 426 g/mol. The van der Waals surface area contributed by atoms with E-state index in [-0.39, 0.29) is 23.8 Å². The second kappa shape index (κ2) is 7.77. The van der Waals surface area contributed by atoms with Crippen LogP contribution >= 0.6 is 0 Å². The predicted octanol–water partition coefficient (Wildman–Crippen LogP) is 4.40. The van der Waals surface area contributed by atoms with Crippen LogP contribution in [0.3, 0.4) is 0 Å². The van der Waals surface area contributed by atoms with Crippen molar-refractivity contribution in [3.05, 3.63) is 101 Å². The number of nitrogens with one attached hydrogen (secondary N) is 1. The predicted molar refractivity (Wildman–Crippen MR) is 122 cm³/mol. The minimum absolute atomic E-state index is 0.0235. The van der Waals surface area contributed by atoms with Crippen LogP contribution in [-0.2, 0) is 11.3 Å². The van der Waals surface area contributed by atoms with Crippen molar-refractivity contribution in [2.45, 2.75) is 13.5 Å². The van der Waals surface area contributed by atoms with Crippen LogP contribution in [0.25, 0.3) is 28.1 Å². The van der Waals surface area contributed by atoms with Crippen LogP contribution in [0.4, 0.5) is 10.1 Å². The molecule has 0 saturated carbocycles. The molecule has 1 N–H and O–H groups in total. The molecule has 2 aromatic heterocycles. The number of anilines is 1. The van der Waals surface area contributed by atoms with Gasteiger partial charge in [0.1, 0.15) is 12.4 Å². The maximum atomic E-state index is 13.4. The van der Waals surface area contributed by atoms with Crippen molar-refractivity contribution >= 4 is 28.4 Å². The van der Waals surface area contributed by atoms with Crippen LogP contribution in [0.15, 0.2) is 83.7 Å². The average molecular weight is 426 g/mol. The Bertz CT molecular complexity index is 1530. The summed E-state index contributed by atoms with van der Waals surface area (Å²) in [7, 11) is 0. The van der Waals surface area contributed by atoms with Crippen molar-refractivity contribution < 1.29 is 9.18 Å². The van der Waals surface area contributed by atoms with Crippen molar-refractivity contribution in [3.63, 3.8) is 0 Å². The third-order valence-electron chi connectivity index (χ3n) is 5.30. The Morgan fingerprint density at radius 1 is 0.969 bits per heavy atom. The van der Waals surface area contributed by atoms with E-state index in [1.165, 1.54) is 22.6 Å². The van der Waals surface area contributed by atoms with Gasteiger partial charge in [0.05, 0.1) is 16.7 Å². The molecule has 0 radical (unpaired) electrons. The van der Waals surface area contributed by atoms with Gasteiger partial charge in [-0.2, -0.15) is 0 Å². The van der Waals surface area contributed by atoms with Crippen molar-refractivity contribution in [1.29, 1.82) is 0 Å². The molecule has 2 heterocycles. The number of hydrogen-bond donors (Lipinski definition) is 1. The molecule has 0 aliphatic rings. The number of hydrogen-bond acceptors (Lipinski definition) is 3. The lowest BCUT2D eigenvalue weighted by atomic mass is 10.1. The van der Waals surface area contributed by atoms with E-state index in [1.807, 2.05) is 55.5 Å². The number of halogens is 1. The summed E-state index contributed by atoms with van der Waals surface area (Å²) in [6.45, 7) is 1.93. The van der Waals surface area contributed by atoms with Crippen LogP contribution < -0.4 is 10.9 Å². The SMILES string of the molecule is Cc1cccc(NC(=O)Cn2c3ccccc3n3c(=O)cc(-c4ccc(F)cc4)nc23)c1. The first-order chi connectivity index (χ1) is 15.5. The molecule has 0 saturated heterocycles. The standard InChI is InChI=1S/C25H19FN4O2/c1-16-5-4-6-19(13-16)27-23(31)15-29-21-7-2-3-8-22(21)30-24(32)14-20(28-25(29)30)17-9-11-18(26)12-10-17/h2-14H,15H2,1H3,(H,27,31). The van der Waals surface area contributed by atoms with Gasteiger partial charge in [0.2, 0.25) is 11.7 Å². The molecule has 3 aromatic carbocycles. The number of benzene rings is 3. The summed E-state index contributed by atoms with van der Waals surface area (Å²) in [6.07, 6.45) is 0. The average Bonchev–Trinajstić information content (AvgIpc) is 3.08. The number of carbonyl (C=O) groups is 1. The van der Waals surface area contributed by atoms with Crippen LogP contribution in [0.5, 0.6) is 0 Å². The van der Waals surface area contributed by atoms with Gasteiger partial charge in [-0.05, 0) is 61.0 Å². The van der Waals surface area contributed by atoms with E-state index in [0.29, 0.717) is 33.8 Å². The summed E-state index contributed by atoms with van der Waals surface area (Å²) >= 11 is 0. The molecule has 5 aromatic rings. The second-order valence-electron chi connectivity index (χ2n) is 7.61. The number of carbonyl (C=O) groups excluding carboxylic acids is 1. The molecule has 0 atom stereocenters. The van der Waals surface area contributed by atoms with Gasteiger partial charge in [-0.15, -0.1) is 0 Å². The third kappa shape index (κ3) is 3.54. The summed E-state index contributed by atoms with van der Waals surface area (Å²) in [4.78, 5) is 30.6. The highest BCUT2D eigenvalue weighted by Crippen LogP contribution is 2.22. The molecular formula is C25H19FN4O2. The summed E-state index contributed by atoms with van der Waals surface area (Å²) < 4.78 is 16.6. The van der Waals surface area contributed by atoms with Gasteiger partial charge in [-0.3, -0.25) is 9.59 Å². The van der Waals surface area contributed by atoms with Crippen molar-refractivity contribution in [1.82, 2.24) is 14.0 Å². The number of para-hydroxylation sites is 2. The molecule has 32 heavy (non-hydrogen) atoms. The molecule has 158 valence electrons. The first-order valence-corrected chi connectivity index (χ1v) is 10.1. The molecule has 0 spiro atoms. The van der Waals surface area contributed by atoms with Crippen LogP contribution in [-0.4, -0.2) is 19.9 Å². The second-order valence-corrected chi connectivity index (χ2v) is 7.61. The van der Waals surface area contributed by atoms with E-state index in [9.17, 15) is 14.0 Å². The number of aromatic nitrogens is 3. The van der Waals surface area contributed by atoms with Crippen LogP contribution in [0.1, 0.15) is 5.56 Å². The zero-order valence-electron chi connectivity index (χ0n) is 17.2. The number of imidazole rings is 1. The zero-order valence-corrected chi connectivity index (χ0v) is 17.2. The quantitative estimate of drug-likeness (QED) is 0.463. The Morgan fingerprint density at radius 2 is 1.72 bits per heavy atom. The topological polar surface area (TPSA) is 68.4 Å². The molecule has 0 aliphatic carbocycles. The van der Waals surface area contributed by atoms with E-state index in [4.69, 9.17) is 0 Å². The molecule has 1 amide bonds. The van der Waals surface area contributed by atoms with Crippen molar-refractivity contribution in [3.8, 4) is 11.3 Å². The van der Waals surface area contributed by atoms with Gasteiger partial charge in [0, 0.05) is 17.3 Å². The van der Waals surface area contributed by atoms with E-state index in [2.05, 4.69) is 10.3 Å². The van der Waals surface area contributed by atoms with Gasteiger partial charge < -0.3 is 9.88 Å². The first kappa shape index (κ1) is 19.7. The fourth-order valence-electron chi connectivity index (χ4n) is 3.86. The van der Waals surface area contributed by atoms with Gasteiger partial charge in [0.15, 0.2) is 0 Å². The highest BCUT2D eigenvalue weighted by atomic mass is 19.1. The number of fused-ring (bicyclic) bond motifs is 3. The lowest BCUT2D eigenvalue weighted by molar-refractivity contribution is -0.116. The first-order valence-electron chi connectivity index (χ1n) is 10.1. The Balaban J connectivity index is 1.63. The Hall–Kier alpha value is -4.26. The van der Waals surface area contributed by atoms with E-state index < -0.39 is 0 Å². The minimum atomic E-state index is -0.367. The van der Waals surface area contributed by atoms with E-state index in [0.717, 1.165) is 5.56 Å². The zero-order chi connectivity index (χ0) is 22.2. The van der Waals surface area contributed by atoms with Crippen molar-refractivity contribution in [2.75, 3.05) is 5.32 Å². The van der Waals surface area contributed by atoms with Gasteiger partial charge in [-0.1, -0.05) is 24.3 Å². The number of amides is 1. The van der Waals surface area contributed by atoms with Gasteiger partial charge in [-0.25, -0.2) is 13.8 Å². The summed E-state index contributed by atoms with van der Waals surface area (Å²) in [5.41, 5.74) is 3.88. The summed E-state index contributed by atoms with van der Waals surface area (Å²) in [6, 6.07) is 22.1. The lowest BCUT2D eigenvalue weighted by Gasteiger charge is -2.09. The highest BCUT2D eigenvalue weighted by Gasteiger charge is 2.17. The maximum Gasteiger partial charge on any atom is 0.260 e. The minimum Gasteiger partial charge on any atom is -0.325 e. The fraction of sp³-hybridized carbons (Fsp3) is 0.0800. The smallest absolute Gasteiger partial charge is 0.260 e. The number of nitrogens with zero attached hydrogens (tertiary/aromatic N) is 3. The third-order valence-corrected chi connectivity index (χ3v) is 5.30. The maximum absolute atomic E-state index is 13.4. The Kier molecular flexibility index (Phi) is 4.78. The van der Waals surface area contributed by atoms with E-state index in [1.54, 1.807) is 16.7 Å². The molecule has 6 nitrogen and oxygen atoms in total. The summed E-state index contributed by atoms with van der Waals surface area (Å²) in [5.74, 6) is -0.258. The van der Waals surface area contributed by atoms with Gasteiger partial charge >= 0.3 is 0 Å². The lowest BCUT2D eigenvalue weighted by Crippen LogP contribution is -2.20. The molecule has 5 rings (SSSR count). The Labute approximate surface area is 182 Å². The highest BCUT2D eigenvalue weighted by molar-refractivity contribution is 5.92. The molecule has 0 aliphatic heterocycles. The molecular weight excluding hydrogens is 407 g/mol. The van der Waals surface area contributed by atoms with Crippen LogP contribution in [0, 0.1) is 12.7 Å². The molecule has 0 fully saturated rings. The molecule has 0 bridgehead atoms. The normalized spacial score (nSPS) is 11.2. The van der Waals surface area contributed by atoms with Crippen LogP contribution in [0.2, 0.25) is 0 Å². The largest absolute Gasteiger partial charge is 0.325 e. The summed E-state index contributed by atoms with van der Waals surface area (Å²) in [5, 5.41) is 2.90. The Morgan fingerprint density at radius 3 is 2.47 bits per heavy atom. The molecule has 0 unspecified atom stereocenters. The van der Waals surface area contributed by atoms with E-state index >= 15 is 0 Å². The molecule has 7 heteroatoms. The van der Waals surface area contributed by atoms with Crippen molar-refractivity contribution in [2.24, 2.45) is 0 Å².